The zero-order chi connectivity index (χ0) is 14.3. The van der Waals surface area contributed by atoms with E-state index in [1.165, 1.54) is 0 Å². The summed E-state index contributed by atoms with van der Waals surface area (Å²) in [5.41, 5.74) is 0. The summed E-state index contributed by atoms with van der Waals surface area (Å²) >= 11 is 0. The quantitative estimate of drug-likeness (QED) is 0.186. The van der Waals surface area contributed by atoms with Crippen molar-refractivity contribution >= 4 is 29.3 Å². The van der Waals surface area contributed by atoms with Crippen LogP contribution < -0.4 is 42.0 Å². The van der Waals surface area contributed by atoms with Gasteiger partial charge in [0.25, 0.3) is 0 Å². The fraction of sp³-hybridized carbons (Fsp3) is 0. The van der Waals surface area contributed by atoms with Gasteiger partial charge in [0.1, 0.15) is 0 Å². The van der Waals surface area contributed by atoms with Gasteiger partial charge < -0.3 is 72.7 Å². The molecule has 0 aliphatic rings. The fourth-order valence-electron chi connectivity index (χ4n) is 0. The Morgan fingerprint density at radius 3 is 0.333 bits per heavy atom. The van der Waals surface area contributed by atoms with Crippen LogP contribution in [0.4, 0.5) is 0 Å². The molecule has 18 heteroatoms. The van der Waals surface area contributed by atoms with Crippen molar-refractivity contribution in [3.63, 3.8) is 0 Å². The molecule has 0 radical (unpaired) electrons. The molecule has 0 aliphatic heterocycles. The number of hydrogen-bond acceptors (Lipinski definition) is 12. The second-order valence-corrected chi connectivity index (χ2v) is 1.39. The monoisotopic (exact) mass is 306 g/mol. The minimum absolute atomic E-state index is 0. The van der Waals surface area contributed by atoms with Crippen molar-refractivity contribution in [1.29, 1.82) is 0 Å². The molecular weight excluding hydrogens is 294 g/mol. The van der Waals surface area contributed by atoms with Gasteiger partial charge in [0.15, 0.2) is 0 Å². The topological polar surface area (TPSA) is 243 Å². The van der Waals surface area contributed by atoms with Gasteiger partial charge in [-0.3, -0.25) is 0 Å². The molecule has 0 spiro atoms. The average molecular weight is 306 g/mol. The average Bonchev–Trinajstić information content (AvgIpc) is 1.76. The van der Waals surface area contributed by atoms with Crippen molar-refractivity contribution in [3.05, 3.63) is 0 Å². The Morgan fingerprint density at radius 1 is 0.333 bits per heavy atom. The maximum atomic E-state index is 7.17. The van der Waals surface area contributed by atoms with Gasteiger partial charge in [-0.25, -0.2) is 0 Å². The summed E-state index contributed by atoms with van der Waals surface area (Å²) in [5, 5.41) is 86.0. The second kappa shape index (κ2) is 30.8. The van der Waals surface area contributed by atoms with Crippen LogP contribution in [0.1, 0.15) is 0 Å². The smallest absolute Gasteiger partial charge is 1.00 e. The van der Waals surface area contributed by atoms with Crippen LogP contribution in [0.25, 0.3) is 0 Å². The van der Waals surface area contributed by atoms with Crippen LogP contribution in [0, 0.1) is 0 Å². The molecule has 0 saturated heterocycles. The van der Waals surface area contributed by atoms with E-state index in [2.05, 4.69) is 0 Å². The van der Waals surface area contributed by atoms with Crippen molar-refractivity contribution in [2.75, 3.05) is 0 Å². The molecule has 0 bridgehead atoms. The standard InChI is InChI=1S/4BH3O3.ClH.Na/c4*2-1(3)4;;/h4*2-4H;1H;/q;;;;;+1/p-1. The molecule has 0 atom stereocenters. The van der Waals surface area contributed by atoms with Crippen molar-refractivity contribution in [2.24, 2.45) is 0 Å². The van der Waals surface area contributed by atoms with Gasteiger partial charge in [-0.2, -0.15) is 0 Å². The normalized spacial score (nSPS) is 6.00. The molecule has 0 aromatic heterocycles. The molecule has 0 aromatic rings. The van der Waals surface area contributed by atoms with Crippen LogP contribution >= 0.6 is 0 Å². The maximum Gasteiger partial charge on any atom is 1.00 e. The molecule has 0 heterocycles. The Balaban J connectivity index is -0.0000000257. The number of halogens is 1. The van der Waals surface area contributed by atoms with E-state index in [-0.39, 0.29) is 42.0 Å². The SMILES string of the molecule is OB(O)O.OB(O)O.OB(O)O.OB(O)O.[Cl-].[Na+]. The third-order valence-corrected chi connectivity index (χ3v) is 0. The molecule has 104 valence electrons. The summed E-state index contributed by atoms with van der Waals surface area (Å²) in [5.74, 6) is 0. The van der Waals surface area contributed by atoms with E-state index in [4.69, 9.17) is 60.3 Å². The molecule has 0 amide bonds. The molecule has 0 saturated carbocycles. The molecule has 0 fully saturated rings. The van der Waals surface area contributed by atoms with Gasteiger partial charge in [-0.05, 0) is 0 Å². The van der Waals surface area contributed by atoms with E-state index in [0.29, 0.717) is 0 Å². The molecule has 0 unspecified atom stereocenters. The predicted octanol–water partition coefficient (Wildman–Crippen LogP) is -14.2. The van der Waals surface area contributed by atoms with Crippen molar-refractivity contribution < 1.29 is 102 Å². The Morgan fingerprint density at radius 2 is 0.333 bits per heavy atom. The molecule has 12 nitrogen and oxygen atoms in total. The molecule has 0 aromatic carbocycles. The predicted molar refractivity (Wildman–Crippen MR) is 49.6 cm³/mol. The second-order valence-electron chi connectivity index (χ2n) is 1.39. The van der Waals surface area contributed by atoms with E-state index in [9.17, 15) is 0 Å². The van der Waals surface area contributed by atoms with Gasteiger partial charge >= 0.3 is 58.8 Å². The van der Waals surface area contributed by atoms with Gasteiger partial charge in [-0.15, -0.1) is 0 Å². The van der Waals surface area contributed by atoms with E-state index in [1.54, 1.807) is 0 Å². The first-order chi connectivity index (χ1) is 6.93. The summed E-state index contributed by atoms with van der Waals surface area (Å²) in [7, 11) is -8.67. The minimum atomic E-state index is -2.17. The summed E-state index contributed by atoms with van der Waals surface area (Å²) in [6.45, 7) is 0. The fourth-order valence-corrected chi connectivity index (χ4v) is 0. The van der Waals surface area contributed by atoms with Crippen molar-refractivity contribution in [3.8, 4) is 0 Å². The third kappa shape index (κ3) is 3850. The van der Waals surface area contributed by atoms with Crippen LogP contribution in [0.5, 0.6) is 0 Å². The Bertz CT molecular complexity index is 67.1. The molecule has 0 rings (SSSR count). The first-order valence-corrected chi connectivity index (χ1v) is 3.10. The van der Waals surface area contributed by atoms with Crippen LogP contribution in [-0.2, 0) is 0 Å². The summed E-state index contributed by atoms with van der Waals surface area (Å²) in [4.78, 5) is 0. The third-order valence-electron chi connectivity index (χ3n) is 0. The minimum Gasteiger partial charge on any atom is -1.00 e. The van der Waals surface area contributed by atoms with Crippen molar-refractivity contribution in [1.82, 2.24) is 0 Å². The van der Waals surface area contributed by atoms with Crippen LogP contribution in [-0.4, -0.2) is 89.6 Å². The van der Waals surface area contributed by atoms with Crippen LogP contribution in [0.2, 0.25) is 0 Å². The Kier molecular flexibility index (Phi) is 62.4. The molecule has 0 aliphatic carbocycles. The van der Waals surface area contributed by atoms with Gasteiger partial charge in [0, 0.05) is 0 Å². The number of hydrogen-bond donors (Lipinski definition) is 12. The van der Waals surface area contributed by atoms with Crippen LogP contribution in [0.3, 0.4) is 0 Å². The largest absolute Gasteiger partial charge is 1.00 e. The van der Waals surface area contributed by atoms with Gasteiger partial charge in [0.2, 0.25) is 0 Å². The first-order valence-electron chi connectivity index (χ1n) is 3.10. The molecule has 12 N–H and O–H groups in total. The van der Waals surface area contributed by atoms with Crippen LogP contribution in [0.15, 0.2) is 0 Å². The van der Waals surface area contributed by atoms with Gasteiger partial charge in [-0.1, -0.05) is 0 Å². The maximum absolute atomic E-state index is 7.17. The van der Waals surface area contributed by atoms with Crippen molar-refractivity contribution in [2.45, 2.75) is 0 Å². The first kappa shape index (κ1) is 36.5. The van der Waals surface area contributed by atoms with E-state index in [0.717, 1.165) is 0 Å². The molecule has 18 heavy (non-hydrogen) atoms. The van der Waals surface area contributed by atoms with E-state index >= 15 is 0 Å². The Hall–Kier alpha value is 1.07. The zero-order valence-electron chi connectivity index (χ0n) is 9.05. The number of rotatable bonds is 0. The summed E-state index contributed by atoms with van der Waals surface area (Å²) in [6, 6.07) is 0. The van der Waals surface area contributed by atoms with Gasteiger partial charge in [0.05, 0.1) is 0 Å². The Labute approximate surface area is 131 Å². The van der Waals surface area contributed by atoms with E-state index in [1.807, 2.05) is 0 Å². The molecular formula is H12B4ClNaO12. The summed E-state index contributed by atoms with van der Waals surface area (Å²) < 4.78 is 0. The summed E-state index contributed by atoms with van der Waals surface area (Å²) in [6.07, 6.45) is 0. The van der Waals surface area contributed by atoms with E-state index < -0.39 is 29.3 Å². The zero-order valence-corrected chi connectivity index (χ0v) is 11.8.